The summed E-state index contributed by atoms with van der Waals surface area (Å²) in [4.78, 5) is 16.3. The molecule has 4 nitrogen and oxygen atoms in total. The molecule has 1 N–H and O–H groups in total. The van der Waals surface area contributed by atoms with E-state index in [1.165, 1.54) is 0 Å². The van der Waals surface area contributed by atoms with E-state index in [0.29, 0.717) is 11.4 Å². The van der Waals surface area contributed by atoms with Gasteiger partial charge in [0.05, 0.1) is 11.9 Å². The second kappa shape index (κ2) is 5.88. The summed E-state index contributed by atoms with van der Waals surface area (Å²) in [5.74, 6) is -0.150. The number of hydrogen-bond acceptors (Lipinski definition) is 2. The summed E-state index contributed by atoms with van der Waals surface area (Å²) in [5.41, 5.74) is 1.28. The molecular weight excluding hydrogens is 374 g/mol. The fourth-order valence-corrected chi connectivity index (χ4v) is 2.37. The highest BCUT2D eigenvalue weighted by atomic mass is 79.9. The zero-order valence-electron chi connectivity index (χ0n) is 10.5. The molecular formula is C13H13Br2N3O. The highest BCUT2D eigenvalue weighted by Gasteiger charge is 2.15. The van der Waals surface area contributed by atoms with Gasteiger partial charge < -0.3 is 9.88 Å². The number of pyridine rings is 1. The molecule has 0 aliphatic rings. The number of halogens is 2. The summed E-state index contributed by atoms with van der Waals surface area (Å²) < 4.78 is 3.55. The number of aromatic nitrogens is 2. The molecule has 2 heterocycles. The molecule has 0 aromatic carbocycles. The Kier molecular flexibility index (Phi) is 4.42. The average Bonchev–Trinajstić information content (AvgIpc) is 2.74. The molecule has 19 heavy (non-hydrogen) atoms. The standard InChI is InChI=1S/C13H13Br2N3O/c1-8(2)18-7-9(14)5-11(18)13(19)17-10-3-4-12(15)16-6-10/h3-8H,1-2H3,(H,17,19). The first kappa shape index (κ1) is 14.3. The summed E-state index contributed by atoms with van der Waals surface area (Å²) in [6.45, 7) is 4.06. The lowest BCUT2D eigenvalue weighted by Crippen LogP contribution is -2.17. The first-order chi connectivity index (χ1) is 8.97. The highest BCUT2D eigenvalue weighted by molar-refractivity contribution is 9.10. The Morgan fingerprint density at radius 3 is 2.68 bits per heavy atom. The molecule has 0 bridgehead atoms. The minimum absolute atomic E-state index is 0.150. The predicted octanol–water partition coefficient (Wildman–Crippen LogP) is 4.24. The van der Waals surface area contributed by atoms with Crippen molar-refractivity contribution in [1.82, 2.24) is 9.55 Å². The third kappa shape index (κ3) is 3.45. The van der Waals surface area contributed by atoms with Crippen LogP contribution >= 0.6 is 31.9 Å². The van der Waals surface area contributed by atoms with E-state index in [1.54, 1.807) is 18.3 Å². The van der Waals surface area contributed by atoms with Crippen LogP contribution in [0.3, 0.4) is 0 Å². The fraction of sp³-hybridized carbons (Fsp3) is 0.231. The minimum atomic E-state index is -0.150. The van der Waals surface area contributed by atoms with Crippen molar-refractivity contribution in [2.24, 2.45) is 0 Å². The maximum absolute atomic E-state index is 12.2. The van der Waals surface area contributed by atoms with Crippen molar-refractivity contribution in [3.05, 3.63) is 45.4 Å². The Balaban J connectivity index is 2.22. The van der Waals surface area contributed by atoms with Gasteiger partial charge in [-0.05, 0) is 63.9 Å². The van der Waals surface area contributed by atoms with Crippen LogP contribution in [0.5, 0.6) is 0 Å². The van der Waals surface area contributed by atoms with Gasteiger partial charge in [-0.1, -0.05) is 0 Å². The number of rotatable bonds is 3. The van der Waals surface area contributed by atoms with Gasteiger partial charge in [0.25, 0.3) is 5.91 Å². The molecule has 2 aromatic heterocycles. The third-order valence-electron chi connectivity index (χ3n) is 2.59. The molecule has 0 atom stereocenters. The van der Waals surface area contributed by atoms with E-state index in [0.717, 1.165) is 9.08 Å². The second-order valence-electron chi connectivity index (χ2n) is 4.37. The van der Waals surface area contributed by atoms with Crippen LogP contribution in [0, 0.1) is 0 Å². The Hall–Kier alpha value is -1.14. The van der Waals surface area contributed by atoms with Crippen molar-refractivity contribution in [2.75, 3.05) is 5.32 Å². The lowest BCUT2D eigenvalue weighted by molar-refractivity contribution is 0.101. The van der Waals surface area contributed by atoms with Crippen molar-refractivity contribution >= 4 is 43.5 Å². The SMILES string of the molecule is CC(C)n1cc(Br)cc1C(=O)Nc1ccc(Br)nc1. The zero-order valence-corrected chi connectivity index (χ0v) is 13.7. The number of carbonyl (C=O) groups is 1. The molecule has 0 unspecified atom stereocenters. The summed E-state index contributed by atoms with van der Waals surface area (Å²) in [7, 11) is 0. The zero-order chi connectivity index (χ0) is 14.0. The van der Waals surface area contributed by atoms with Crippen molar-refractivity contribution in [2.45, 2.75) is 19.9 Å². The molecule has 0 spiro atoms. The van der Waals surface area contributed by atoms with E-state index in [4.69, 9.17) is 0 Å². The molecule has 0 aliphatic heterocycles. The number of hydrogen-bond donors (Lipinski definition) is 1. The normalized spacial score (nSPS) is 10.8. The maximum atomic E-state index is 12.2. The van der Waals surface area contributed by atoms with Crippen molar-refractivity contribution in [3.63, 3.8) is 0 Å². The molecule has 2 aromatic rings. The van der Waals surface area contributed by atoms with Gasteiger partial charge in [-0.3, -0.25) is 4.79 Å². The van der Waals surface area contributed by atoms with Gasteiger partial charge in [0.2, 0.25) is 0 Å². The van der Waals surface area contributed by atoms with Gasteiger partial charge in [0.15, 0.2) is 0 Å². The summed E-state index contributed by atoms with van der Waals surface area (Å²) in [6.07, 6.45) is 3.51. The van der Waals surface area contributed by atoms with Crippen LogP contribution < -0.4 is 5.32 Å². The Morgan fingerprint density at radius 2 is 2.11 bits per heavy atom. The van der Waals surface area contributed by atoms with Crippen molar-refractivity contribution < 1.29 is 4.79 Å². The van der Waals surface area contributed by atoms with Gasteiger partial charge in [0.1, 0.15) is 10.3 Å². The van der Waals surface area contributed by atoms with Gasteiger partial charge in [-0.25, -0.2) is 4.98 Å². The second-order valence-corrected chi connectivity index (χ2v) is 6.10. The summed E-state index contributed by atoms with van der Waals surface area (Å²) in [5, 5.41) is 2.83. The molecule has 2 rings (SSSR count). The van der Waals surface area contributed by atoms with Crippen LogP contribution in [-0.2, 0) is 0 Å². The van der Waals surface area contributed by atoms with E-state index in [2.05, 4.69) is 42.2 Å². The van der Waals surface area contributed by atoms with E-state index >= 15 is 0 Å². The van der Waals surface area contributed by atoms with Crippen LogP contribution in [-0.4, -0.2) is 15.5 Å². The lowest BCUT2D eigenvalue weighted by Gasteiger charge is -2.12. The number of anilines is 1. The largest absolute Gasteiger partial charge is 0.340 e. The van der Waals surface area contributed by atoms with Crippen LogP contribution in [0.15, 0.2) is 39.7 Å². The van der Waals surface area contributed by atoms with Crippen LogP contribution in [0.4, 0.5) is 5.69 Å². The average molecular weight is 387 g/mol. The maximum Gasteiger partial charge on any atom is 0.272 e. The van der Waals surface area contributed by atoms with Gasteiger partial charge in [-0.2, -0.15) is 0 Å². The highest BCUT2D eigenvalue weighted by Crippen LogP contribution is 2.20. The molecule has 6 heteroatoms. The molecule has 1 amide bonds. The van der Waals surface area contributed by atoms with Crippen LogP contribution in [0.25, 0.3) is 0 Å². The molecule has 0 fully saturated rings. The van der Waals surface area contributed by atoms with E-state index in [-0.39, 0.29) is 11.9 Å². The Morgan fingerprint density at radius 1 is 1.37 bits per heavy atom. The molecule has 100 valence electrons. The predicted molar refractivity (Wildman–Crippen MR) is 82.4 cm³/mol. The molecule has 0 aliphatic carbocycles. The monoisotopic (exact) mass is 385 g/mol. The molecule has 0 saturated heterocycles. The Labute approximate surface area is 128 Å². The quantitative estimate of drug-likeness (QED) is 0.802. The van der Waals surface area contributed by atoms with Crippen LogP contribution in [0.2, 0.25) is 0 Å². The van der Waals surface area contributed by atoms with E-state index in [1.807, 2.05) is 30.7 Å². The van der Waals surface area contributed by atoms with Crippen molar-refractivity contribution in [1.29, 1.82) is 0 Å². The first-order valence-electron chi connectivity index (χ1n) is 5.77. The minimum Gasteiger partial charge on any atom is -0.340 e. The fourth-order valence-electron chi connectivity index (χ4n) is 1.70. The van der Waals surface area contributed by atoms with Gasteiger partial charge in [0, 0.05) is 16.7 Å². The van der Waals surface area contributed by atoms with Gasteiger partial charge in [-0.15, -0.1) is 0 Å². The third-order valence-corrected chi connectivity index (χ3v) is 3.49. The van der Waals surface area contributed by atoms with E-state index < -0.39 is 0 Å². The topological polar surface area (TPSA) is 46.9 Å². The summed E-state index contributed by atoms with van der Waals surface area (Å²) in [6, 6.07) is 5.61. The number of amides is 1. The van der Waals surface area contributed by atoms with Crippen molar-refractivity contribution in [3.8, 4) is 0 Å². The lowest BCUT2D eigenvalue weighted by atomic mass is 10.3. The molecule has 0 saturated carbocycles. The Bertz CT molecular complexity index is 590. The smallest absolute Gasteiger partial charge is 0.272 e. The summed E-state index contributed by atoms with van der Waals surface area (Å²) >= 11 is 6.65. The van der Waals surface area contributed by atoms with Crippen LogP contribution in [0.1, 0.15) is 30.4 Å². The van der Waals surface area contributed by atoms with Gasteiger partial charge >= 0.3 is 0 Å². The number of carbonyl (C=O) groups excluding carboxylic acids is 1. The number of nitrogens with zero attached hydrogens (tertiary/aromatic N) is 2. The van der Waals surface area contributed by atoms with E-state index in [9.17, 15) is 4.79 Å². The number of nitrogens with one attached hydrogen (secondary N) is 1. The molecule has 0 radical (unpaired) electrons. The first-order valence-corrected chi connectivity index (χ1v) is 7.36.